The zero-order valence-corrected chi connectivity index (χ0v) is 17.9. The van der Waals surface area contributed by atoms with Gasteiger partial charge in [0.1, 0.15) is 0 Å². The van der Waals surface area contributed by atoms with Crippen LogP contribution >= 0.6 is 0 Å². The predicted octanol–water partition coefficient (Wildman–Crippen LogP) is 5.17. The summed E-state index contributed by atoms with van der Waals surface area (Å²) in [5.74, 6) is 1.65. The molecule has 1 aromatic heterocycles. The quantitative estimate of drug-likeness (QED) is 0.686. The summed E-state index contributed by atoms with van der Waals surface area (Å²) in [6.45, 7) is 8.29. The van der Waals surface area contributed by atoms with Crippen LogP contribution in [0.4, 0.5) is 10.6 Å². The van der Waals surface area contributed by atoms with Crippen LogP contribution in [0.5, 0.6) is 5.75 Å². The molecule has 7 nitrogen and oxygen atoms in total. The number of allylic oxidation sites excluding steroid dienone is 2. The SMILES string of the molecule is CC1CC=C(n2cc(OC(=O)O)c(N(C(=O)[C@H]3CC[C@H](C)CC3)C(C)C)n2)CC1. The summed E-state index contributed by atoms with van der Waals surface area (Å²) in [6, 6.07) is -0.151. The molecule has 2 aliphatic rings. The number of carboxylic acid groups (broad SMARTS) is 1. The molecule has 0 aliphatic heterocycles. The lowest BCUT2D eigenvalue weighted by molar-refractivity contribution is -0.124. The van der Waals surface area contributed by atoms with Crippen molar-refractivity contribution in [1.82, 2.24) is 9.78 Å². The van der Waals surface area contributed by atoms with E-state index in [1.807, 2.05) is 13.8 Å². The maximum absolute atomic E-state index is 13.4. The fourth-order valence-corrected chi connectivity index (χ4v) is 4.30. The second-order valence-electron chi connectivity index (χ2n) is 8.96. The van der Waals surface area contributed by atoms with Crippen LogP contribution in [-0.2, 0) is 4.79 Å². The van der Waals surface area contributed by atoms with Gasteiger partial charge >= 0.3 is 6.16 Å². The molecule has 1 amide bonds. The first-order valence-corrected chi connectivity index (χ1v) is 10.8. The Morgan fingerprint density at radius 1 is 1.17 bits per heavy atom. The Hall–Kier alpha value is -2.31. The minimum Gasteiger partial charge on any atom is -0.449 e. The van der Waals surface area contributed by atoms with E-state index in [-0.39, 0.29) is 23.6 Å². The summed E-state index contributed by atoms with van der Waals surface area (Å²) >= 11 is 0. The molecule has 7 heteroatoms. The monoisotopic (exact) mass is 403 g/mol. The molecule has 1 fully saturated rings. The summed E-state index contributed by atoms with van der Waals surface area (Å²) in [7, 11) is 0. The fourth-order valence-electron chi connectivity index (χ4n) is 4.30. The lowest BCUT2D eigenvalue weighted by Gasteiger charge is -2.32. The van der Waals surface area contributed by atoms with Crippen molar-refractivity contribution < 1.29 is 19.4 Å². The highest BCUT2D eigenvalue weighted by Crippen LogP contribution is 2.36. The van der Waals surface area contributed by atoms with Gasteiger partial charge in [-0.25, -0.2) is 9.48 Å². The third kappa shape index (κ3) is 5.00. The zero-order valence-electron chi connectivity index (χ0n) is 17.9. The van der Waals surface area contributed by atoms with Crippen LogP contribution < -0.4 is 9.64 Å². The Balaban J connectivity index is 1.93. The minimum atomic E-state index is -1.40. The highest BCUT2D eigenvalue weighted by atomic mass is 16.7. The Labute approximate surface area is 172 Å². The van der Waals surface area contributed by atoms with E-state index in [1.165, 1.54) is 0 Å². The van der Waals surface area contributed by atoms with E-state index in [1.54, 1.807) is 15.8 Å². The lowest BCUT2D eigenvalue weighted by atomic mass is 9.82. The Kier molecular flexibility index (Phi) is 6.65. The molecule has 0 radical (unpaired) electrons. The number of hydrogen-bond acceptors (Lipinski definition) is 4. The van der Waals surface area contributed by atoms with Gasteiger partial charge in [0.15, 0.2) is 5.75 Å². The van der Waals surface area contributed by atoms with Crippen molar-refractivity contribution in [2.45, 2.75) is 78.7 Å². The normalized spacial score (nSPS) is 24.9. The van der Waals surface area contributed by atoms with E-state index in [9.17, 15) is 14.7 Å². The lowest BCUT2D eigenvalue weighted by Crippen LogP contribution is -2.42. The molecule has 1 N–H and O–H groups in total. The predicted molar refractivity (Wildman–Crippen MR) is 112 cm³/mol. The Morgan fingerprint density at radius 3 is 2.41 bits per heavy atom. The first-order chi connectivity index (χ1) is 13.8. The van der Waals surface area contributed by atoms with Crippen molar-refractivity contribution in [3.63, 3.8) is 0 Å². The van der Waals surface area contributed by atoms with Crippen LogP contribution in [0.15, 0.2) is 12.3 Å². The van der Waals surface area contributed by atoms with Gasteiger partial charge in [-0.15, -0.1) is 5.10 Å². The molecule has 0 spiro atoms. The molecule has 2 aliphatic carbocycles. The molecule has 1 aromatic rings. The van der Waals surface area contributed by atoms with Crippen molar-refractivity contribution in [3.8, 4) is 5.75 Å². The zero-order chi connectivity index (χ0) is 21.1. The highest BCUT2D eigenvalue weighted by molar-refractivity contribution is 5.96. The molecule has 0 saturated heterocycles. The van der Waals surface area contributed by atoms with Gasteiger partial charge in [-0.2, -0.15) is 0 Å². The van der Waals surface area contributed by atoms with E-state index in [0.29, 0.717) is 17.7 Å². The second kappa shape index (κ2) is 9.01. The molecular weight excluding hydrogens is 370 g/mol. The third-order valence-electron chi connectivity index (χ3n) is 6.15. The maximum Gasteiger partial charge on any atom is 0.511 e. The highest BCUT2D eigenvalue weighted by Gasteiger charge is 2.34. The van der Waals surface area contributed by atoms with Crippen LogP contribution in [-0.4, -0.2) is 33.0 Å². The van der Waals surface area contributed by atoms with Crippen molar-refractivity contribution in [2.24, 2.45) is 17.8 Å². The van der Waals surface area contributed by atoms with E-state index in [4.69, 9.17) is 4.74 Å². The molecule has 0 bridgehead atoms. The summed E-state index contributed by atoms with van der Waals surface area (Å²) in [5, 5.41) is 13.8. The van der Waals surface area contributed by atoms with Gasteiger partial charge < -0.3 is 9.84 Å². The molecule has 1 atom stereocenters. The maximum atomic E-state index is 13.4. The van der Waals surface area contributed by atoms with Crippen LogP contribution in [0.2, 0.25) is 0 Å². The van der Waals surface area contributed by atoms with Gasteiger partial charge in [0, 0.05) is 17.7 Å². The van der Waals surface area contributed by atoms with Gasteiger partial charge in [-0.3, -0.25) is 9.69 Å². The van der Waals surface area contributed by atoms with Gasteiger partial charge in [-0.1, -0.05) is 19.9 Å². The summed E-state index contributed by atoms with van der Waals surface area (Å²) in [6.07, 6.45) is 9.03. The van der Waals surface area contributed by atoms with Gasteiger partial charge in [0.2, 0.25) is 11.7 Å². The third-order valence-corrected chi connectivity index (χ3v) is 6.15. The number of aromatic nitrogens is 2. The number of ether oxygens (including phenoxy) is 1. The molecule has 1 heterocycles. The van der Waals surface area contributed by atoms with Crippen molar-refractivity contribution >= 4 is 23.6 Å². The largest absolute Gasteiger partial charge is 0.511 e. The van der Waals surface area contributed by atoms with Gasteiger partial charge in [0.05, 0.1) is 6.20 Å². The number of anilines is 1. The molecule has 0 aromatic carbocycles. The van der Waals surface area contributed by atoms with Crippen molar-refractivity contribution in [1.29, 1.82) is 0 Å². The van der Waals surface area contributed by atoms with Gasteiger partial charge in [-0.05, 0) is 70.6 Å². The van der Waals surface area contributed by atoms with Crippen LogP contribution in [0.25, 0.3) is 5.70 Å². The molecule has 1 unspecified atom stereocenters. The smallest absolute Gasteiger partial charge is 0.449 e. The molecule has 29 heavy (non-hydrogen) atoms. The first kappa shape index (κ1) is 21.4. The second-order valence-corrected chi connectivity index (χ2v) is 8.96. The average Bonchev–Trinajstić information content (AvgIpc) is 3.05. The summed E-state index contributed by atoms with van der Waals surface area (Å²) in [4.78, 5) is 26.3. The summed E-state index contributed by atoms with van der Waals surface area (Å²) in [5.41, 5.74) is 1.02. The number of nitrogens with zero attached hydrogens (tertiary/aromatic N) is 3. The average molecular weight is 404 g/mol. The number of carbonyl (C=O) groups is 2. The van der Waals surface area contributed by atoms with E-state index in [0.717, 1.165) is 50.6 Å². The molecule has 160 valence electrons. The van der Waals surface area contributed by atoms with Crippen molar-refractivity contribution in [2.75, 3.05) is 4.90 Å². The van der Waals surface area contributed by atoms with E-state index in [2.05, 4.69) is 25.0 Å². The number of amides is 1. The molecule has 1 saturated carbocycles. The standard InChI is InChI=1S/C22H33N3O4/c1-14(2)25(21(26)17-9-5-15(3)6-10-17)20-19(29-22(27)28)13-24(23-20)18-11-7-16(4)8-12-18/h11,13-17H,5-10,12H2,1-4H3,(H,27,28)/t15-,16?,17-. The van der Waals surface area contributed by atoms with E-state index >= 15 is 0 Å². The Morgan fingerprint density at radius 2 is 1.86 bits per heavy atom. The topological polar surface area (TPSA) is 84.7 Å². The minimum absolute atomic E-state index is 0.0126. The Bertz CT molecular complexity index is 775. The number of hydrogen-bond donors (Lipinski definition) is 1. The molecule has 3 rings (SSSR count). The van der Waals surface area contributed by atoms with Crippen LogP contribution in [0, 0.1) is 17.8 Å². The first-order valence-electron chi connectivity index (χ1n) is 10.8. The van der Waals surface area contributed by atoms with Crippen LogP contribution in [0.1, 0.15) is 72.6 Å². The molecular formula is C22H33N3O4. The van der Waals surface area contributed by atoms with Gasteiger partial charge in [0.25, 0.3) is 0 Å². The number of carbonyl (C=O) groups excluding carboxylic acids is 1. The van der Waals surface area contributed by atoms with Crippen molar-refractivity contribution in [3.05, 3.63) is 12.3 Å². The van der Waals surface area contributed by atoms with E-state index < -0.39 is 6.16 Å². The number of rotatable bonds is 5. The van der Waals surface area contributed by atoms with Crippen LogP contribution in [0.3, 0.4) is 0 Å². The fraction of sp³-hybridized carbons (Fsp3) is 0.682. The summed E-state index contributed by atoms with van der Waals surface area (Å²) < 4.78 is 6.72.